The second-order valence-corrected chi connectivity index (χ2v) is 9.32. The standard InChI is InChI=1S/C24H29Cl2NO/c1-16-4-2-5-20-19(16)9-8-17(14-23(20)28)15-27-12-10-18(11-13-27)24-21(25)6-3-7-22(24)26/h2-7,17-18,23,28H,8-15H2,1H3/t17-,23+/m0/s1. The Morgan fingerprint density at radius 3 is 2.39 bits per heavy atom. The van der Waals surface area contributed by atoms with Gasteiger partial charge in [0.2, 0.25) is 0 Å². The van der Waals surface area contributed by atoms with Gasteiger partial charge in [-0.15, -0.1) is 0 Å². The summed E-state index contributed by atoms with van der Waals surface area (Å²) < 4.78 is 0. The molecule has 1 N–H and O–H groups in total. The van der Waals surface area contributed by atoms with E-state index < -0.39 is 0 Å². The topological polar surface area (TPSA) is 23.5 Å². The summed E-state index contributed by atoms with van der Waals surface area (Å²) in [5.41, 5.74) is 4.95. The molecule has 150 valence electrons. The van der Waals surface area contributed by atoms with Gasteiger partial charge in [0.15, 0.2) is 0 Å². The zero-order valence-corrected chi connectivity index (χ0v) is 18.0. The maximum atomic E-state index is 10.8. The van der Waals surface area contributed by atoms with Crippen molar-refractivity contribution in [2.75, 3.05) is 19.6 Å². The normalized spacial score (nSPS) is 24.0. The molecule has 2 nitrogen and oxygen atoms in total. The van der Waals surface area contributed by atoms with E-state index in [1.165, 1.54) is 11.1 Å². The van der Waals surface area contributed by atoms with Crippen LogP contribution in [-0.4, -0.2) is 29.6 Å². The summed E-state index contributed by atoms with van der Waals surface area (Å²) >= 11 is 12.8. The Morgan fingerprint density at radius 2 is 1.68 bits per heavy atom. The van der Waals surface area contributed by atoms with Crippen LogP contribution < -0.4 is 0 Å². The Labute approximate surface area is 178 Å². The number of rotatable bonds is 3. The van der Waals surface area contributed by atoms with Crippen molar-refractivity contribution in [3.8, 4) is 0 Å². The lowest BCUT2D eigenvalue weighted by Crippen LogP contribution is -2.37. The number of hydrogen-bond donors (Lipinski definition) is 1. The van der Waals surface area contributed by atoms with Crippen LogP contribution in [0.1, 0.15) is 60.0 Å². The minimum atomic E-state index is -0.332. The van der Waals surface area contributed by atoms with Crippen LogP contribution in [0.4, 0.5) is 0 Å². The van der Waals surface area contributed by atoms with Gasteiger partial charge >= 0.3 is 0 Å². The summed E-state index contributed by atoms with van der Waals surface area (Å²) in [6.07, 6.45) is 4.96. The van der Waals surface area contributed by atoms with Gasteiger partial charge in [0.1, 0.15) is 0 Å². The third kappa shape index (κ3) is 4.26. The van der Waals surface area contributed by atoms with Gasteiger partial charge in [0.05, 0.1) is 6.10 Å². The van der Waals surface area contributed by atoms with Crippen LogP contribution in [0, 0.1) is 12.8 Å². The number of benzene rings is 2. The van der Waals surface area contributed by atoms with Gasteiger partial charge in [-0.2, -0.15) is 0 Å². The molecule has 0 aromatic heterocycles. The summed E-state index contributed by atoms with van der Waals surface area (Å²) in [4.78, 5) is 2.57. The highest BCUT2D eigenvalue weighted by molar-refractivity contribution is 6.36. The van der Waals surface area contributed by atoms with Crippen molar-refractivity contribution in [1.82, 2.24) is 4.90 Å². The highest BCUT2D eigenvalue weighted by atomic mass is 35.5. The first-order valence-corrected chi connectivity index (χ1v) is 11.2. The van der Waals surface area contributed by atoms with E-state index in [1.54, 1.807) is 0 Å². The lowest BCUT2D eigenvalue weighted by atomic mass is 9.88. The first kappa shape index (κ1) is 20.2. The van der Waals surface area contributed by atoms with Crippen LogP contribution in [0.2, 0.25) is 10.0 Å². The molecular formula is C24H29Cl2NO. The molecule has 28 heavy (non-hydrogen) atoms. The molecule has 0 saturated carbocycles. The van der Waals surface area contributed by atoms with Crippen molar-refractivity contribution in [2.24, 2.45) is 5.92 Å². The molecule has 1 aliphatic heterocycles. The monoisotopic (exact) mass is 417 g/mol. The smallest absolute Gasteiger partial charge is 0.0795 e. The molecule has 2 aliphatic rings. The summed E-state index contributed by atoms with van der Waals surface area (Å²) in [6.45, 7) is 5.39. The van der Waals surface area contributed by atoms with Crippen molar-refractivity contribution in [3.05, 3.63) is 68.7 Å². The van der Waals surface area contributed by atoms with Crippen molar-refractivity contribution in [3.63, 3.8) is 0 Å². The molecule has 1 heterocycles. The van der Waals surface area contributed by atoms with E-state index in [2.05, 4.69) is 30.0 Å². The van der Waals surface area contributed by atoms with Crippen LogP contribution in [0.3, 0.4) is 0 Å². The zero-order chi connectivity index (χ0) is 19.7. The van der Waals surface area contributed by atoms with Gasteiger partial charge in [-0.3, -0.25) is 0 Å². The number of likely N-dealkylation sites (tertiary alicyclic amines) is 1. The molecule has 2 aromatic rings. The van der Waals surface area contributed by atoms with Crippen molar-refractivity contribution >= 4 is 23.2 Å². The quantitative estimate of drug-likeness (QED) is 0.603. The number of aliphatic hydroxyl groups excluding tert-OH is 1. The molecule has 0 radical (unpaired) electrons. The number of fused-ring (bicyclic) bond motifs is 1. The SMILES string of the molecule is Cc1cccc2c1CC[C@H](CN1CCC(c3c(Cl)cccc3Cl)CC1)C[C@H]2O. The van der Waals surface area contributed by atoms with Gasteiger partial charge in [0, 0.05) is 16.6 Å². The number of halogens is 2. The average molecular weight is 418 g/mol. The number of aliphatic hydroxyl groups is 1. The summed E-state index contributed by atoms with van der Waals surface area (Å²) in [6, 6.07) is 12.1. The first-order chi connectivity index (χ1) is 13.5. The van der Waals surface area contributed by atoms with Gasteiger partial charge in [-0.05, 0) is 98.3 Å². The summed E-state index contributed by atoms with van der Waals surface area (Å²) in [5.74, 6) is 0.992. The van der Waals surface area contributed by atoms with Crippen molar-refractivity contribution in [2.45, 2.75) is 51.0 Å². The lowest BCUT2D eigenvalue weighted by molar-refractivity contribution is 0.117. The molecule has 1 aliphatic carbocycles. The Kier molecular flexibility index (Phi) is 6.32. The van der Waals surface area contributed by atoms with Crippen LogP contribution >= 0.6 is 23.2 Å². The number of nitrogens with zero attached hydrogens (tertiary/aromatic N) is 1. The molecular weight excluding hydrogens is 389 g/mol. The molecule has 2 atom stereocenters. The molecule has 0 unspecified atom stereocenters. The highest BCUT2D eigenvalue weighted by Crippen LogP contribution is 2.38. The van der Waals surface area contributed by atoms with E-state index in [9.17, 15) is 5.11 Å². The van der Waals surface area contributed by atoms with Crippen LogP contribution in [-0.2, 0) is 6.42 Å². The predicted molar refractivity (Wildman–Crippen MR) is 117 cm³/mol. The fourth-order valence-corrected chi connectivity index (χ4v) is 5.83. The minimum Gasteiger partial charge on any atom is -0.388 e. The largest absolute Gasteiger partial charge is 0.388 e. The Bertz CT molecular complexity index is 809. The van der Waals surface area contributed by atoms with E-state index in [1.807, 2.05) is 18.2 Å². The lowest BCUT2D eigenvalue weighted by Gasteiger charge is -2.35. The van der Waals surface area contributed by atoms with Crippen LogP contribution in [0.25, 0.3) is 0 Å². The van der Waals surface area contributed by atoms with E-state index in [0.29, 0.717) is 11.8 Å². The second-order valence-electron chi connectivity index (χ2n) is 8.51. The first-order valence-electron chi connectivity index (χ1n) is 10.5. The third-order valence-corrected chi connectivity index (χ3v) is 7.34. The van der Waals surface area contributed by atoms with E-state index >= 15 is 0 Å². The fraction of sp³-hybridized carbons (Fsp3) is 0.500. The maximum Gasteiger partial charge on any atom is 0.0795 e. The fourth-order valence-electron chi connectivity index (χ4n) is 5.12. The highest BCUT2D eigenvalue weighted by Gasteiger charge is 2.28. The molecule has 0 spiro atoms. The Hall–Kier alpha value is -1.06. The Morgan fingerprint density at radius 1 is 1.00 bits per heavy atom. The van der Waals surface area contributed by atoms with Crippen LogP contribution in [0.5, 0.6) is 0 Å². The van der Waals surface area contributed by atoms with Gasteiger partial charge in [-0.25, -0.2) is 0 Å². The van der Waals surface area contributed by atoms with E-state index in [4.69, 9.17) is 23.2 Å². The van der Waals surface area contributed by atoms with Gasteiger partial charge in [-0.1, -0.05) is 47.5 Å². The van der Waals surface area contributed by atoms with Gasteiger partial charge < -0.3 is 10.0 Å². The predicted octanol–water partition coefficient (Wildman–Crippen LogP) is 6.17. The molecule has 0 bridgehead atoms. The second kappa shape index (κ2) is 8.75. The molecule has 1 saturated heterocycles. The zero-order valence-electron chi connectivity index (χ0n) is 16.5. The number of aryl methyl sites for hydroxylation is 1. The number of piperidine rings is 1. The maximum absolute atomic E-state index is 10.8. The minimum absolute atomic E-state index is 0.332. The summed E-state index contributed by atoms with van der Waals surface area (Å²) in [7, 11) is 0. The van der Waals surface area contributed by atoms with E-state index in [0.717, 1.165) is 72.9 Å². The van der Waals surface area contributed by atoms with E-state index in [-0.39, 0.29) is 6.10 Å². The molecule has 2 aromatic carbocycles. The molecule has 4 heteroatoms. The Balaban J connectivity index is 1.36. The van der Waals surface area contributed by atoms with Crippen LogP contribution in [0.15, 0.2) is 36.4 Å². The van der Waals surface area contributed by atoms with Crippen molar-refractivity contribution < 1.29 is 5.11 Å². The molecule has 0 amide bonds. The summed E-state index contributed by atoms with van der Waals surface area (Å²) in [5, 5.41) is 12.4. The van der Waals surface area contributed by atoms with Crippen molar-refractivity contribution in [1.29, 1.82) is 0 Å². The third-order valence-electron chi connectivity index (χ3n) is 6.68. The van der Waals surface area contributed by atoms with Gasteiger partial charge in [0.25, 0.3) is 0 Å². The molecule has 1 fully saturated rings. The molecule has 4 rings (SSSR count). The number of hydrogen-bond acceptors (Lipinski definition) is 2. The average Bonchev–Trinajstić information content (AvgIpc) is 2.83.